The number of carbonyl (C=O) groups excluding carboxylic acids is 2. The van der Waals surface area contributed by atoms with Crippen molar-refractivity contribution < 1.29 is 22.7 Å². The lowest BCUT2D eigenvalue weighted by molar-refractivity contribution is 0.0602. The van der Waals surface area contributed by atoms with Gasteiger partial charge in [-0.2, -0.15) is 0 Å². The van der Waals surface area contributed by atoms with Crippen molar-refractivity contribution in [3.63, 3.8) is 0 Å². The number of rotatable bonds is 6. The van der Waals surface area contributed by atoms with Crippen molar-refractivity contribution in [2.24, 2.45) is 0 Å². The summed E-state index contributed by atoms with van der Waals surface area (Å²) in [6.07, 6.45) is 0. The van der Waals surface area contributed by atoms with Crippen LogP contribution in [0, 0.1) is 0 Å². The predicted octanol–water partition coefficient (Wildman–Crippen LogP) is 3.98. The number of hydrogen-bond acceptors (Lipinski definition) is 6. The van der Waals surface area contributed by atoms with Crippen LogP contribution in [0.4, 0.5) is 21.9 Å². The molecule has 1 aromatic heterocycles. The average molecular weight is 431 g/mol. The molecule has 0 saturated heterocycles. The molecule has 0 aliphatic heterocycles. The number of thiophene rings is 1. The highest BCUT2D eigenvalue weighted by Gasteiger charge is 2.24. The Morgan fingerprint density at radius 1 is 0.897 bits per heavy atom. The summed E-state index contributed by atoms with van der Waals surface area (Å²) in [4.78, 5) is 23.7. The molecule has 3 aromatic rings. The first-order valence-corrected chi connectivity index (χ1v) is 10.7. The number of urea groups is 1. The molecule has 0 spiro atoms. The minimum atomic E-state index is -4.02. The van der Waals surface area contributed by atoms with Crippen molar-refractivity contribution in [2.75, 3.05) is 22.5 Å². The second-order valence-corrected chi connectivity index (χ2v) is 8.30. The normalized spacial score (nSPS) is 10.8. The summed E-state index contributed by atoms with van der Waals surface area (Å²) < 4.78 is 32.4. The van der Waals surface area contributed by atoms with Crippen molar-refractivity contribution in [3.8, 4) is 0 Å². The molecule has 0 bridgehead atoms. The summed E-state index contributed by atoms with van der Waals surface area (Å²) in [6.45, 7) is 0. The molecule has 0 atom stereocenters. The van der Waals surface area contributed by atoms with Gasteiger partial charge in [-0.25, -0.2) is 18.0 Å². The van der Waals surface area contributed by atoms with Gasteiger partial charge in [0.1, 0.15) is 9.77 Å². The van der Waals surface area contributed by atoms with Gasteiger partial charge in [0.25, 0.3) is 10.0 Å². The van der Waals surface area contributed by atoms with Crippen LogP contribution >= 0.6 is 11.3 Å². The van der Waals surface area contributed by atoms with Crippen molar-refractivity contribution >= 4 is 50.4 Å². The van der Waals surface area contributed by atoms with Crippen LogP contribution in [0.3, 0.4) is 0 Å². The van der Waals surface area contributed by atoms with Gasteiger partial charge < -0.3 is 15.4 Å². The summed E-state index contributed by atoms with van der Waals surface area (Å²) in [7, 11) is -2.84. The molecule has 0 unspecified atom stereocenters. The molecule has 0 fully saturated rings. The number of methoxy groups -OCH3 is 1. The monoisotopic (exact) mass is 431 g/mol. The number of carbonyl (C=O) groups is 2. The molecule has 2 amide bonds. The summed E-state index contributed by atoms with van der Waals surface area (Å²) in [5.74, 6) is -0.728. The number of esters is 1. The molecule has 0 aliphatic carbocycles. The van der Waals surface area contributed by atoms with Crippen LogP contribution in [0.5, 0.6) is 0 Å². The van der Waals surface area contributed by atoms with Gasteiger partial charge >= 0.3 is 12.0 Å². The first kappa shape index (κ1) is 20.4. The van der Waals surface area contributed by atoms with Crippen LogP contribution in [-0.2, 0) is 14.8 Å². The van der Waals surface area contributed by atoms with E-state index in [1.165, 1.54) is 30.7 Å². The summed E-state index contributed by atoms with van der Waals surface area (Å²) >= 11 is 0.973. The van der Waals surface area contributed by atoms with Crippen molar-refractivity contribution in [1.29, 1.82) is 0 Å². The maximum Gasteiger partial charge on any atom is 0.349 e. The quantitative estimate of drug-likeness (QED) is 0.511. The van der Waals surface area contributed by atoms with Crippen LogP contribution in [0.1, 0.15) is 9.67 Å². The van der Waals surface area contributed by atoms with Gasteiger partial charge in [0.15, 0.2) is 0 Å². The summed E-state index contributed by atoms with van der Waals surface area (Å²) in [5, 5.41) is 6.79. The molecular formula is C19H17N3O5S2. The van der Waals surface area contributed by atoms with E-state index in [9.17, 15) is 18.0 Å². The minimum Gasteiger partial charge on any atom is -0.465 e. The number of anilines is 3. The molecule has 8 nitrogen and oxygen atoms in total. The Morgan fingerprint density at radius 3 is 2.28 bits per heavy atom. The molecule has 3 N–H and O–H groups in total. The smallest absolute Gasteiger partial charge is 0.349 e. The maximum atomic E-state index is 12.7. The molecule has 29 heavy (non-hydrogen) atoms. The van der Waals surface area contributed by atoms with Crippen LogP contribution in [0.25, 0.3) is 0 Å². The van der Waals surface area contributed by atoms with Crippen molar-refractivity contribution in [1.82, 2.24) is 0 Å². The molecule has 0 saturated carbocycles. The predicted molar refractivity (Wildman–Crippen MR) is 112 cm³/mol. The van der Waals surface area contributed by atoms with Crippen LogP contribution < -0.4 is 15.4 Å². The highest BCUT2D eigenvalue weighted by atomic mass is 32.2. The third-order valence-corrected chi connectivity index (χ3v) is 6.14. The Balaban J connectivity index is 1.73. The standard InChI is InChI=1S/C19H17N3O5S2/c1-27-18(23)17-16(10-11-28-17)29(25,26)22-15-9-5-8-14(12-15)21-19(24)20-13-6-3-2-4-7-13/h2-12,22H,1H3,(H2,20,21,24). The van der Waals surface area contributed by atoms with Gasteiger partial charge in [-0.15, -0.1) is 11.3 Å². The van der Waals surface area contributed by atoms with Crippen molar-refractivity contribution in [2.45, 2.75) is 4.90 Å². The van der Waals surface area contributed by atoms with Gasteiger partial charge in [0.05, 0.1) is 12.8 Å². The lowest BCUT2D eigenvalue weighted by Gasteiger charge is -2.11. The van der Waals surface area contributed by atoms with Crippen LogP contribution in [-0.4, -0.2) is 27.5 Å². The van der Waals surface area contributed by atoms with E-state index in [4.69, 9.17) is 0 Å². The first-order chi connectivity index (χ1) is 13.9. The number of hydrogen-bond donors (Lipinski definition) is 3. The number of sulfonamides is 1. The second-order valence-electron chi connectivity index (χ2n) is 5.74. The zero-order valence-corrected chi connectivity index (χ0v) is 16.8. The molecule has 150 valence electrons. The third kappa shape index (κ3) is 5.12. The van der Waals surface area contributed by atoms with E-state index in [-0.39, 0.29) is 15.5 Å². The Bertz CT molecular complexity index is 1130. The fourth-order valence-corrected chi connectivity index (χ4v) is 4.82. The van der Waals surface area contributed by atoms with E-state index in [0.29, 0.717) is 11.4 Å². The number of nitrogens with one attached hydrogen (secondary N) is 3. The highest BCUT2D eigenvalue weighted by Crippen LogP contribution is 2.26. The SMILES string of the molecule is COC(=O)c1sccc1S(=O)(=O)Nc1cccc(NC(=O)Nc2ccccc2)c1. The number of amides is 2. The second kappa shape index (κ2) is 8.76. The minimum absolute atomic E-state index is 0.0171. The molecule has 3 rings (SSSR count). The van der Waals surface area contributed by atoms with E-state index < -0.39 is 22.0 Å². The molecular weight excluding hydrogens is 414 g/mol. The fourth-order valence-electron chi connectivity index (χ4n) is 2.44. The molecule has 1 heterocycles. The third-order valence-electron chi connectivity index (χ3n) is 3.69. The topological polar surface area (TPSA) is 114 Å². The highest BCUT2D eigenvalue weighted by molar-refractivity contribution is 7.93. The Kier molecular flexibility index (Phi) is 6.15. The molecule has 2 aromatic carbocycles. The Morgan fingerprint density at radius 2 is 1.55 bits per heavy atom. The Labute approximate surface area is 171 Å². The number of benzene rings is 2. The van der Waals surface area contributed by atoms with E-state index in [0.717, 1.165) is 11.3 Å². The molecule has 0 radical (unpaired) electrons. The van der Waals surface area contributed by atoms with E-state index in [1.54, 1.807) is 36.4 Å². The van der Waals surface area contributed by atoms with E-state index in [2.05, 4.69) is 20.1 Å². The lowest BCUT2D eigenvalue weighted by Crippen LogP contribution is -2.19. The van der Waals surface area contributed by atoms with Gasteiger partial charge in [0, 0.05) is 11.4 Å². The van der Waals surface area contributed by atoms with Crippen molar-refractivity contribution in [3.05, 3.63) is 70.9 Å². The van der Waals surface area contributed by atoms with Gasteiger partial charge in [0.2, 0.25) is 0 Å². The average Bonchev–Trinajstić information content (AvgIpc) is 3.19. The number of para-hydroxylation sites is 1. The largest absolute Gasteiger partial charge is 0.465 e. The summed E-state index contributed by atoms with van der Waals surface area (Å²) in [5.41, 5.74) is 1.23. The van der Waals surface area contributed by atoms with Gasteiger partial charge in [-0.1, -0.05) is 24.3 Å². The first-order valence-electron chi connectivity index (χ1n) is 8.31. The zero-order valence-electron chi connectivity index (χ0n) is 15.2. The molecule has 10 heteroatoms. The van der Waals surface area contributed by atoms with Crippen LogP contribution in [0.15, 0.2) is 70.9 Å². The number of ether oxygens (including phenoxy) is 1. The van der Waals surface area contributed by atoms with Crippen LogP contribution in [0.2, 0.25) is 0 Å². The van der Waals surface area contributed by atoms with Gasteiger partial charge in [-0.3, -0.25) is 4.72 Å². The summed E-state index contributed by atoms with van der Waals surface area (Å²) in [6, 6.07) is 15.9. The fraction of sp³-hybridized carbons (Fsp3) is 0.0526. The van der Waals surface area contributed by atoms with E-state index in [1.807, 2.05) is 6.07 Å². The zero-order chi connectivity index (χ0) is 20.9. The Hall–Kier alpha value is -3.37. The molecule has 0 aliphatic rings. The lowest BCUT2D eigenvalue weighted by atomic mass is 10.3. The van der Waals surface area contributed by atoms with E-state index >= 15 is 0 Å². The maximum absolute atomic E-state index is 12.7. The van der Waals surface area contributed by atoms with Gasteiger partial charge in [-0.05, 0) is 41.8 Å².